The van der Waals surface area contributed by atoms with Crippen LogP contribution in [0, 0.1) is 5.82 Å². The first-order chi connectivity index (χ1) is 8.58. The van der Waals surface area contributed by atoms with Crippen LogP contribution < -0.4 is 5.32 Å². The van der Waals surface area contributed by atoms with Gasteiger partial charge in [-0.1, -0.05) is 0 Å². The summed E-state index contributed by atoms with van der Waals surface area (Å²) in [4.78, 5) is 11.0. The average molecular weight is 253 g/mol. The van der Waals surface area contributed by atoms with Crippen LogP contribution in [-0.4, -0.2) is 29.8 Å². The summed E-state index contributed by atoms with van der Waals surface area (Å²) in [5.41, 5.74) is 0.367. The molecule has 0 radical (unpaired) electrons. The molecule has 1 aromatic carbocycles. The lowest BCUT2D eigenvalue weighted by molar-refractivity contribution is 0.0696. The Kier molecular flexibility index (Phi) is 3.81. The number of nitrogens with one attached hydrogen (secondary N) is 1. The third kappa shape index (κ3) is 2.79. The van der Waals surface area contributed by atoms with E-state index >= 15 is 0 Å². The highest BCUT2D eigenvalue weighted by Crippen LogP contribution is 2.22. The number of hydrogen-bond donors (Lipinski definition) is 2. The van der Waals surface area contributed by atoms with Gasteiger partial charge < -0.3 is 15.2 Å². The predicted octanol–water partition coefficient (Wildman–Crippen LogP) is 2.50. The Bertz CT molecular complexity index is 444. The van der Waals surface area contributed by atoms with Gasteiger partial charge in [-0.05, 0) is 38.0 Å². The van der Waals surface area contributed by atoms with E-state index in [9.17, 15) is 9.18 Å². The molecule has 0 amide bonds. The average Bonchev–Trinajstić information content (AvgIpc) is 2.84. The van der Waals surface area contributed by atoms with E-state index in [1.165, 1.54) is 12.1 Å². The zero-order valence-electron chi connectivity index (χ0n) is 10.1. The summed E-state index contributed by atoms with van der Waals surface area (Å²) in [6.45, 7) is 2.68. The van der Waals surface area contributed by atoms with Gasteiger partial charge in [0.2, 0.25) is 0 Å². The first-order valence-electron chi connectivity index (χ1n) is 5.99. The van der Waals surface area contributed by atoms with Gasteiger partial charge in [-0.15, -0.1) is 0 Å². The highest BCUT2D eigenvalue weighted by molar-refractivity contribution is 5.94. The van der Waals surface area contributed by atoms with Crippen LogP contribution in [0.5, 0.6) is 0 Å². The fourth-order valence-corrected chi connectivity index (χ4v) is 2.15. The van der Waals surface area contributed by atoms with Crippen LogP contribution >= 0.6 is 0 Å². The van der Waals surface area contributed by atoms with E-state index in [0.29, 0.717) is 5.69 Å². The standard InChI is InChI=1S/C13H16FNO3/c1-8(12-3-2-6-18-12)15-11-5-4-9(14)7-10(11)13(16)17/h4-5,7-8,12,15H,2-3,6H2,1H3,(H,16,17). The minimum atomic E-state index is -1.14. The van der Waals surface area contributed by atoms with E-state index < -0.39 is 11.8 Å². The van der Waals surface area contributed by atoms with E-state index in [0.717, 1.165) is 25.5 Å². The SMILES string of the molecule is CC(Nc1ccc(F)cc1C(=O)O)C1CCCO1. The molecule has 0 aliphatic carbocycles. The molecule has 2 unspecified atom stereocenters. The van der Waals surface area contributed by atoms with Crippen molar-refractivity contribution in [3.05, 3.63) is 29.6 Å². The normalized spacial score (nSPS) is 20.7. The molecule has 0 spiro atoms. The van der Waals surface area contributed by atoms with Gasteiger partial charge in [0, 0.05) is 18.3 Å². The van der Waals surface area contributed by atoms with Crippen molar-refractivity contribution >= 4 is 11.7 Å². The van der Waals surface area contributed by atoms with E-state index in [4.69, 9.17) is 9.84 Å². The molecule has 2 rings (SSSR count). The minimum absolute atomic E-state index is 0.00365. The maximum atomic E-state index is 13.0. The second-order valence-corrected chi connectivity index (χ2v) is 4.48. The lowest BCUT2D eigenvalue weighted by atomic mass is 10.1. The number of carboxylic acid groups (broad SMARTS) is 1. The van der Waals surface area contributed by atoms with Gasteiger partial charge in [0.1, 0.15) is 5.82 Å². The van der Waals surface area contributed by atoms with Crippen LogP contribution in [0.2, 0.25) is 0 Å². The van der Waals surface area contributed by atoms with Crippen molar-refractivity contribution in [2.24, 2.45) is 0 Å². The Hall–Kier alpha value is -1.62. The third-order valence-corrected chi connectivity index (χ3v) is 3.12. The summed E-state index contributed by atoms with van der Waals surface area (Å²) in [6, 6.07) is 3.71. The van der Waals surface area contributed by atoms with Gasteiger partial charge in [0.05, 0.1) is 11.7 Å². The monoisotopic (exact) mass is 253 g/mol. The van der Waals surface area contributed by atoms with Crippen LogP contribution in [0.15, 0.2) is 18.2 Å². The molecule has 1 saturated heterocycles. The molecule has 18 heavy (non-hydrogen) atoms. The summed E-state index contributed by atoms with van der Waals surface area (Å²) < 4.78 is 18.6. The summed E-state index contributed by atoms with van der Waals surface area (Å²) >= 11 is 0. The Morgan fingerprint density at radius 3 is 3.00 bits per heavy atom. The van der Waals surface area contributed by atoms with Gasteiger partial charge in [-0.3, -0.25) is 0 Å². The number of benzene rings is 1. The molecule has 0 aromatic heterocycles. The number of carbonyl (C=O) groups is 1. The number of halogens is 1. The van der Waals surface area contributed by atoms with Gasteiger partial charge in [0.25, 0.3) is 0 Å². The van der Waals surface area contributed by atoms with E-state index in [1.807, 2.05) is 6.92 Å². The number of rotatable bonds is 4. The molecule has 2 atom stereocenters. The zero-order valence-corrected chi connectivity index (χ0v) is 10.1. The lowest BCUT2D eigenvalue weighted by Gasteiger charge is -2.22. The van der Waals surface area contributed by atoms with Crippen LogP contribution in [0.1, 0.15) is 30.1 Å². The van der Waals surface area contributed by atoms with Gasteiger partial charge >= 0.3 is 5.97 Å². The summed E-state index contributed by atoms with van der Waals surface area (Å²) in [6.07, 6.45) is 2.06. The maximum absolute atomic E-state index is 13.0. The van der Waals surface area contributed by atoms with Gasteiger partial charge in [0.15, 0.2) is 0 Å². The van der Waals surface area contributed by atoms with Crippen molar-refractivity contribution in [2.45, 2.75) is 31.9 Å². The molecule has 2 N–H and O–H groups in total. The van der Waals surface area contributed by atoms with Crippen molar-refractivity contribution in [1.29, 1.82) is 0 Å². The van der Waals surface area contributed by atoms with Crippen LogP contribution in [-0.2, 0) is 4.74 Å². The molecular formula is C13H16FNO3. The Morgan fingerprint density at radius 1 is 1.61 bits per heavy atom. The summed E-state index contributed by atoms with van der Waals surface area (Å²) in [7, 11) is 0. The minimum Gasteiger partial charge on any atom is -0.478 e. The van der Waals surface area contributed by atoms with Crippen LogP contribution in [0.4, 0.5) is 10.1 Å². The Morgan fingerprint density at radius 2 is 2.39 bits per heavy atom. The maximum Gasteiger partial charge on any atom is 0.337 e. The van der Waals surface area contributed by atoms with Gasteiger partial charge in [-0.2, -0.15) is 0 Å². The molecule has 1 aliphatic heterocycles. The highest BCUT2D eigenvalue weighted by Gasteiger charge is 2.23. The number of hydrogen-bond acceptors (Lipinski definition) is 3. The van der Waals surface area contributed by atoms with Crippen molar-refractivity contribution in [3.8, 4) is 0 Å². The molecule has 1 aromatic rings. The van der Waals surface area contributed by atoms with Crippen molar-refractivity contribution in [1.82, 2.24) is 0 Å². The van der Waals surface area contributed by atoms with E-state index in [2.05, 4.69) is 5.32 Å². The number of anilines is 1. The first-order valence-corrected chi connectivity index (χ1v) is 5.99. The summed E-state index contributed by atoms with van der Waals surface area (Å²) in [5.74, 6) is -1.70. The molecule has 1 fully saturated rings. The van der Waals surface area contributed by atoms with Crippen molar-refractivity contribution in [2.75, 3.05) is 11.9 Å². The fourth-order valence-electron chi connectivity index (χ4n) is 2.15. The number of ether oxygens (including phenoxy) is 1. The third-order valence-electron chi connectivity index (χ3n) is 3.12. The van der Waals surface area contributed by atoms with Crippen LogP contribution in [0.3, 0.4) is 0 Å². The summed E-state index contributed by atoms with van der Waals surface area (Å²) in [5, 5.41) is 12.1. The quantitative estimate of drug-likeness (QED) is 0.865. The molecule has 0 bridgehead atoms. The smallest absolute Gasteiger partial charge is 0.337 e. The second-order valence-electron chi connectivity index (χ2n) is 4.48. The highest BCUT2D eigenvalue weighted by atomic mass is 19.1. The van der Waals surface area contributed by atoms with Crippen LogP contribution in [0.25, 0.3) is 0 Å². The fraction of sp³-hybridized carbons (Fsp3) is 0.462. The van der Waals surface area contributed by atoms with Crippen molar-refractivity contribution < 1.29 is 19.0 Å². The van der Waals surface area contributed by atoms with E-state index in [1.54, 1.807) is 0 Å². The zero-order chi connectivity index (χ0) is 13.1. The number of carboxylic acids is 1. The predicted molar refractivity (Wildman–Crippen MR) is 65.4 cm³/mol. The van der Waals surface area contributed by atoms with E-state index in [-0.39, 0.29) is 17.7 Å². The Balaban J connectivity index is 2.15. The number of aromatic carboxylic acids is 1. The first kappa shape index (κ1) is 12.8. The lowest BCUT2D eigenvalue weighted by Crippen LogP contribution is -2.30. The van der Waals surface area contributed by atoms with Crippen molar-refractivity contribution in [3.63, 3.8) is 0 Å². The molecule has 4 nitrogen and oxygen atoms in total. The molecule has 98 valence electrons. The van der Waals surface area contributed by atoms with Gasteiger partial charge in [-0.25, -0.2) is 9.18 Å². The molecule has 1 heterocycles. The molecule has 0 saturated carbocycles. The molecule has 5 heteroatoms. The molecule has 1 aliphatic rings. The Labute approximate surface area is 105 Å². The second kappa shape index (κ2) is 5.35. The largest absolute Gasteiger partial charge is 0.478 e. The topological polar surface area (TPSA) is 58.6 Å². The molecular weight excluding hydrogens is 237 g/mol.